The summed E-state index contributed by atoms with van der Waals surface area (Å²) in [6.07, 6.45) is 5.19. The average Bonchev–Trinajstić information content (AvgIpc) is 3.04. The van der Waals surface area contributed by atoms with Crippen LogP contribution in [0.1, 0.15) is 37.7 Å². The van der Waals surface area contributed by atoms with Crippen LogP contribution < -0.4 is 10.5 Å². The van der Waals surface area contributed by atoms with Crippen LogP contribution in [0, 0.1) is 0 Å². The maximum Gasteiger partial charge on any atom is 0.237 e. The van der Waals surface area contributed by atoms with Gasteiger partial charge in [-0.2, -0.15) is 0 Å². The van der Waals surface area contributed by atoms with Crippen molar-refractivity contribution in [1.82, 2.24) is 4.90 Å². The van der Waals surface area contributed by atoms with Crippen LogP contribution in [-0.4, -0.2) is 36.4 Å². The van der Waals surface area contributed by atoms with Crippen LogP contribution in [0.3, 0.4) is 0 Å². The van der Waals surface area contributed by atoms with Crippen molar-refractivity contribution < 1.29 is 14.3 Å². The van der Waals surface area contributed by atoms with Gasteiger partial charge in [0.15, 0.2) is 0 Å². The lowest BCUT2D eigenvalue weighted by Gasteiger charge is -2.27. The molecule has 22 heavy (non-hydrogen) atoms. The smallest absolute Gasteiger partial charge is 0.237 e. The van der Waals surface area contributed by atoms with Crippen molar-refractivity contribution in [3.63, 3.8) is 0 Å². The van der Waals surface area contributed by atoms with Gasteiger partial charge in [0.25, 0.3) is 0 Å². The van der Waals surface area contributed by atoms with Gasteiger partial charge in [-0.3, -0.25) is 9.59 Å². The van der Waals surface area contributed by atoms with Gasteiger partial charge >= 0.3 is 0 Å². The van der Waals surface area contributed by atoms with E-state index in [1.165, 1.54) is 0 Å². The van der Waals surface area contributed by atoms with Crippen molar-refractivity contribution in [2.75, 3.05) is 13.7 Å². The summed E-state index contributed by atoms with van der Waals surface area (Å²) in [5.41, 5.74) is 6.35. The topological polar surface area (TPSA) is 72.6 Å². The molecule has 0 spiro atoms. The number of nitrogens with zero attached hydrogens (tertiary/aromatic N) is 1. The quantitative estimate of drug-likeness (QED) is 0.836. The number of amides is 2. The summed E-state index contributed by atoms with van der Waals surface area (Å²) in [5.74, 6) is 0.352. The molecule has 0 radical (unpaired) electrons. The highest BCUT2D eigenvalue weighted by Crippen LogP contribution is 2.24. The second kappa shape index (κ2) is 7.82. The van der Waals surface area contributed by atoms with Crippen LogP contribution >= 0.6 is 0 Å². The molecule has 1 aromatic carbocycles. The first-order chi connectivity index (χ1) is 10.6. The van der Waals surface area contributed by atoms with Gasteiger partial charge in [0.1, 0.15) is 5.75 Å². The first kappa shape index (κ1) is 16.3. The molecule has 0 bridgehead atoms. The predicted molar refractivity (Wildman–Crippen MR) is 84.5 cm³/mol. The Hall–Kier alpha value is -2.04. The average molecular weight is 304 g/mol. The van der Waals surface area contributed by atoms with E-state index in [1.807, 2.05) is 24.3 Å². The van der Waals surface area contributed by atoms with Crippen LogP contribution in [-0.2, 0) is 16.0 Å². The number of hydrogen-bond acceptors (Lipinski definition) is 3. The Morgan fingerprint density at radius 2 is 2.05 bits per heavy atom. The lowest BCUT2D eigenvalue weighted by atomic mass is 10.1. The van der Waals surface area contributed by atoms with E-state index >= 15 is 0 Å². The van der Waals surface area contributed by atoms with Crippen molar-refractivity contribution in [3.8, 4) is 5.75 Å². The van der Waals surface area contributed by atoms with Crippen molar-refractivity contribution in [2.45, 2.75) is 44.6 Å². The molecular formula is C17H24N2O3. The summed E-state index contributed by atoms with van der Waals surface area (Å²) in [6, 6.07) is 7.87. The Labute approximate surface area is 131 Å². The fourth-order valence-electron chi connectivity index (χ4n) is 3.03. The number of aryl methyl sites for hydroxylation is 1. The second-order valence-corrected chi connectivity index (χ2v) is 5.78. The Morgan fingerprint density at radius 3 is 2.68 bits per heavy atom. The van der Waals surface area contributed by atoms with E-state index in [2.05, 4.69) is 0 Å². The summed E-state index contributed by atoms with van der Waals surface area (Å²) >= 11 is 0. The third-order valence-electron chi connectivity index (χ3n) is 4.17. The maximum atomic E-state index is 12.5. The van der Waals surface area contributed by atoms with Crippen LogP contribution in [0.4, 0.5) is 0 Å². The Bertz CT molecular complexity index is 524. The highest BCUT2D eigenvalue weighted by Gasteiger charge is 2.27. The molecular weight excluding hydrogens is 280 g/mol. The van der Waals surface area contributed by atoms with Gasteiger partial charge in [0.2, 0.25) is 11.8 Å². The monoisotopic (exact) mass is 304 g/mol. The molecule has 120 valence electrons. The molecule has 1 aliphatic rings. The number of carbonyl (C=O) groups excluding carboxylic acids is 2. The number of carbonyl (C=O) groups is 2. The number of ether oxygens (including phenoxy) is 1. The van der Waals surface area contributed by atoms with Gasteiger partial charge in [-0.25, -0.2) is 0 Å². The Balaban J connectivity index is 1.96. The normalized spacial score (nSPS) is 14.8. The zero-order valence-corrected chi connectivity index (χ0v) is 13.1. The fourth-order valence-corrected chi connectivity index (χ4v) is 3.03. The zero-order valence-electron chi connectivity index (χ0n) is 13.1. The lowest BCUT2D eigenvalue weighted by Crippen LogP contribution is -2.44. The van der Waals surface area contributed by atoms with E-state index in [1.54, 1.807) is 12.0 Å². The molecule has 2 amide bonds. The molecule has 0 atom stereocenters. The van der Waals surface area contributed by atoms with Crippen LogP contribution in [0.2, 0.25) is 0 Å². The summed E-state index contributed by atoms with van der Waals surface area (Å²) in [5, 5.41) is 0. The van der Waals surface area contributed by atoms with E-state index in [0.717, 1.165) is 37.0 Å². The fraction of sp³-hybridized carbons (Fsp3) is 0.529. The van der Waals surface area contributed by atoms with E-state index in [-0.39, 0.29) is 18.5 Å². The minimum Gasteiger partial charge on any atom is -0.497 e. The molecule has 1 aliphatic carbocycles. The summed E-state index contributed by atoms with van der Waals surface area (Å²) < 4.78 is 5.19. The van der Waals surface area contributed by atoms with Gasteiger partial charge in [0, 0.05) is 12.5 Å². The zero-order chi connectivity index (χ0) is 15.9. The van der Waals surface area contributed by atoms with Crippen molar-refractivity contribution >= 4 is 11.8 Å². The van der Waals surface area contributed by atoms with Crippen LogP contribution in [0.15, 0.2) is 24.3 Å². The van der Waals surface area contributed by atoms with E-state index in [9.17, 15) is 9.59 Å². The molecule has 0 saturated heterocycles. The molecule has 2 rings (SSSR count). The first-order valence-corrected chi connectivity index (χ1v) is 7.81. The standard InChI is InChI=1S/C17H24N2O3/c1-22-15-8-4-5-13(11-15)9-10-17(21)19(12-16(18)20)14-6-2-3-7-14/h4-5,8,11,14H,2-3,6-7,9-10,12H2,1H3,(H2,18,20). The summed E-state index contributed by atoms with van der Waals surface area (Å²) in [7, 11) is 1.62. The first-order valence-electron chi connectivity index (χ1n) is 7.81. The lowest BCUT2D eigenvalue weighted by molar-refractivity contribution is -0.137. The molecule has 1 aromatic rings. The van der Waals surface area contributed by atoms with Gasteiger partial charge in [-0.05, 0) is 37.0 Å². The van der Waals surface area contributed by atoms with Gasteiger partial charge in [0.05, 0.1) is 13.7 Å². The van der Waals surface area contributed by atoms with Crippen molar-refractivity contribution in [3.05, 3.63) is 29.8 Å². The number of methoxy groups -OCH3 is 1. The SMILES string of the molecule is COc1cccc(CCC(=O)N(CC(N)=O)C2CCCC2)c1. The van der Waals surface area contributed by atoms with Gasteiger partial charge < -0.3 is 15.4 Å². The molecule has 0 aromatic heterocycles. The number of nitrogens with two attached hydrogens (primary N) is 1. The molecule has 0 aliphatic heterocycles. The molecule has 1 saturated carbocycles. The highest BCUT2D eigenvalue weighted by atomic mass is 16.5. The minimum absolute atomic E-state index is 0.00789. The van der Waals surface area contributed by atoms with Gasteiger partial charge in [-0.1, -0.05) is 25.0 Å². The van der Waals surface area contributed by atoms with E-state index < -0.39 is 5.91 Å². The molecule has 1 fully saturated rings. The number of hydrogen-bond donors (Lipinski definition) is 1. The number of rotatable bonds is 7. The largest absolute Gasteiger partial charge is 0.497 e. The molecule has 0 unspecified atom stereocenters. The van der Waals surface area contributed by atoms with Gasteiger partial charge in [-0.15, -0.1) is 0 Å². The number of benzene rings is 1. The van der Waals surface area contributed by atoms with Crippen molar-refractivity contribution in [1.29, 1.82) is 0 Å². The van der Waals surface area contributed by atoms with Crippen LogP contribution in [0.25, 0.3) is 0 Å². The third kappa shape index (κ3) is 4.48. The summed E-state index contributed by atoms with van der Waals surface area (Å²) in [4.78, 5) is 25.4. The molecule has 2 N–H and O–H groups in total. The highest BCUT2D eigenvalue weighted by molar-refractivity contribution is 5.84. The minimum atomic E-state index is -0.443. The Morgan fingerprint density at radius 1 is 1.32 bits per heavy atom. The second-order valence-electron chi connectivity index (χ2n) is 5.78. The summed E-state index contributed by atoms with van der Waals surface area (Å²) in [6.45, 7) is 0.0294. The predicted octanol–water partition coefficient (Wildman–Crippen LogP) is 1.88. The third-order valence-corrected chi connectivity index (χ3v) is 4.17. The molecule has 5 nitrogen and oxygen atoms in total. The van der Waals surface area contributed by atoms with E-state index in [0.29, 0.717) is 12.8 Å². The van der Waals surface area contributed by atoms with Crippen LogP contribution in [0.5, 0.6) is 5.75 Å². The molecule has 5 heteroatoms. The van der Waals surface area contributed by atoms with Crippen molar-refractivity contribution in [2.24, 2.45) is 5.73 Å². The number of primary amides is 1. The maximum absolute atomic E-state index is 12.5. The molecule has 0 heterocycles. The Kier molecular flexibility index (Phi) is 5.81. The van der Waals surface area contributed by atoms with E-state index in [4.69, 9.17) is 10.5 Å².